The number of carboxylic acid groups (broad SMARTS) is 1. The molecule has 3 aromatic rings. The Balaban J connectivity index is 2.14. The minimum Gasteiger partial charge on any atom is -0.478 e. The Labute approximate surface area is 121 Å². The van der Waals surface area contributed by atoms with Crippen molar-refractivity contribution in [2.24, 2.45) is 0 Å². The number of carbonyl (C=O) groups is 1. The first-order valence-corrected chi connectivity index (χ1v) is 6.71. The van der Waals surface area contributed by atoms with E-state index in [1.165, 1.54) is 5.56 Å². The van der Waals surface area contributed by atoms with Gasteiger partial charge in [0.15, 0.2) is 0 Å². The lowest BCUT2D eigenvalue weighted by atomic mass is 10.0. The molecule has 0 saturated carbocycles. The highest BCUT2D eigenvalue weighted by Crippen LogP contribution is 2.24. The number of hydrogen-bond acceptors (Lipinski definition) is 3. The standard InChI is InChI=1S/C16H15N3O2/c1-10-5-3-4-6-13(10)11(2)19-15-9-12(16(20)21)7-8-14(15)17-18-19/h3-9,11H,1-2H3,(H,20,21). The van der Waals surface area contributed by atoms with Crippen LogP contribution in [-0.4, -0.2) is 26.1 Å². The number of fused-ring (bicyclic) bond motifs is 1. The van der Waals surface area contributed by atoms with Crippen LogP contribution >= 0.6 is 0 Å². The molecule has 0 fully saturated rings. The first-order chi connectivity index (χ1) is 10.1. The van der Waals surface area contributed by atoms with Crippen LogP contribution in [0.5, 0.6) is 0 Å². The Kier molecular flexibility index (Phi) is 3.17. The van der Waals surface area contributed by atoms with E-state index in [2.05, 4.69) is 16.4 Å². The average molecular weight is 281 g/mol. The van der Waals surface area contributed by atoms with E-state index in [0.29, 0.717) is 5.52 Å². The molecule has 1 aromatic heterocycles. The maximum absolute atomic E-state index is 11.1. The third-order valence-electron chi connectivity index (χ3n) is 3.72. The van der Waals surface area contributed by atoms with Gasteiger partial charge in [0.25, 0.3) is 0 Å². The van der Waals surface area contributed by atoms with Crippen molar-refractivity contribution in [2.45, 2.75) is 19.9 Å². The number of aromatic carboxylic acids is 1. The number of aryl methyl sites for hydroxylation is 1. The summed E-state index contributed by atoms with van der Waals surface area (Å²) in [4.78, 5) is 11.1. The molecule has 1 heterocycles. The number of rotatable bonds is 3. The summed E-state index contributed by atoms with van der Waals surface area (Å²) in [5.74, 6) is -0.951. The summed E-state index contributed by atoms with van der Waals surface area (Å²) >= 11 is 0. The summed E-state index contributed by atoms with van der Waals surface area (Å²) < 4.78 is 1.77. The molecule has 0 saturated heterocycles. The topological polar surface area (TPSA) is 68.0 Å². The van der Waals surface area contributed by atoms with Gasteiger partial charge in [0.2, 0.25) is 0 Å². The van der Waals surface area contributed by atoms with Gasteiger partial charge in [-0.1, -0.05) is 29.5 Å². The molecule has 1 N–H and O–H groups in total. The van der Waals surface area contributed by atoms with Crippen molar-refractivity contribution in [3.63, 3.8) is 0 Å². The Morgan fingerprint density at radius 1 is 1.24 bits per heavy atom. The van der Waals surface area contributed by atoms with E-state index in [1.807, 2.05) is 32.0 Å². The quantitative estimate of drug-likeness (QED) is 0.801. The highest BCUT2D eigenvalue weighted by molar-refractivity contribution is 5.92. The van der Waals surface area contributed by atoms with E-state index in [9.17, 15) is 4.79 Å². The van der Waals surface area contributed by atoms with Crippen molar-refractivity contribution in [1.82, 2.24) is 15.0 Å². The van der Waals surface area contributed by atoms with Crippen molar-refractivity contribution < 1.29 is 9.90 Å². The minimum absolute atomic E-state index is 0.0137. The SMILES string of the molecule is Cc1ccccc1C(C)n1nnc2ccc(C(=O)O)cc21. The number of nitrogens with zero attached hydrogens (tertiary/aromatic N) is 3. The summed E-state index contributed by atoms with van der Waals surface area (Å²) in [6, 6.07) is 12.9. The predicted octanol–water partition coefficient (Wildman–Crippen LogP) is 3.05. The zero-order valence-corrected chi connectivity index (χ0v) is 11.8. The van der Waals surface area contributed by atoms with Crippen molar-refractivity contribution in [3.8, 4) is 0 Å². The molecule has 0 aliphatic carbocycles. The van der Waals surface area contributed by atoms with Gasteiger partial charge in [-0.05, 0) is 43.2 Å². The van der Waals surface area contributed by atoms with Crippen LogP contribution in [-0.2, 0) is 0 Å². The Bertz CT molecular complexity index is 823. The van der Waals surface area contributed by atoms with Gasteiger partial charge in [0, 0.05) is 0 Å². The molecule has 0 radical (unpaired) electrons. The van der Waals surface area contributed by atoms with Crippen LogP contribution in [0.4, 0.5) is 0 Å². The Hall–Kier alpha value is -2.69. The second kappa shape index (κ2) is 5.01. The van der Waals surface area contributed by atoms with Gasteiger partial charge in [0.05, 0.1) is 17.1 Å². The smallest absolute Gasteiger partial charge is 0.335 e. The normalized spacial score (nSPS) is 12.5. The monoisotopic (exact) mass is 281 g/mol. The molecule has 106 valence electrons. The number of hydrogen-bond donors (Lipinski definition) is 1. The van der Waals surface area contributed by atoms with Crippen LogP contribution in [0.2, 0.25) is 0 Å². The summed E-state index contributed by atoms with van der Waals surface area (Å²) in [7, 11) is 0. The second-order valence-electron chi connectivity index (χ2n) is 5.08. The van der Waals surface area contributed by atoms with E-state index in [0.717, 1.165) is 11.1 Å². The maximum atomic E-state index is 11.1. The maximum Gasteiger partial charge on any atom is 0.335 e. The fourth-order valence-corrected chi connectivity index (χ4v) is 2.54. The lowest BCUT2D eigenvalue weighted by Crippen LogP contribution is -2.10. The van der Waals surface area contributed by atoms with Crippen LogP contribution in [0.15, 0.2) is 42.5 Å². The van der Waals surface area contributed by atoms with E-state index < -0.39 is 5.97 Å². The molecular formula is C16H15N3O2. The van der Waals surface area contributed by atoms with E-state index >= 15 is 0 Å². The van der Waals surface area contributed by atoms with Gasteiger partial charge in [-0.15, -0.1) is 5.10 Å². The number of carboxylic acids is 1. The number of benzene rings is 2. The molecule has 5 heteroatoms. The van der Waals surface area contributed by atoms with Gasteiger partial charge in [0.1, 0.15) is 5.52 Å². The molecule has 0 spiro atoms. The molecule has 2 aromatic carbocycles. The highest BCUT2D eigenvalue weighted by Gasteiger charge is 2.16. The van der Waals surface area contributed by atoms with Gasteiger partial charge in [-0.25, -0.2) is 9.48 Å². The molecule has 0 aliphatic heterocycles. The van der Waals surface area contributed by atoms with Gasteiger partial charge >= 0.3 is 5.97 Å². The van der Waals surface area contributed by atoms with Gasteiger partial charge < -0.3 is 5.11 Å². The van der Waals surface area contributed by atoms with E-state index in [1.54, 1.807) is 22.9 Å². The summed E-state index contributed by atoms with van der Waals surface area (Å²) in [5, 5.41) is 17.4. The molecule has 3 rings (SSSR count). The highest BCUT2D eigenvalue weighted by atomic mass is 16.4. The molecule has 5 nitrogen and oxygen atoms in total. The molecule has 21 heavy (non-hydrogen) atoms. The molecule has 1 unspecified atom stereocenters. The zero-order chi connectivity index (χ0) is 15.0. The van der Waals surface area contributed by atoms with Crippen molar-refractivity contribution in [3.05, 3.63) is 59.2 Å². The van der Waals surface area contributed by atoms with Crippen molar-refractivity contribution in [2.75, 3.05) is 0 Å². The lowest BCUT2D eigenvalue weighted by molar-refractivity contribution is 0.0697. The molecule has 0 amide bonds. The van der Waals surface area contributed by atoms with Gasteiger partial charge in [-0.3, -0.25) is 0 Å². The van der Waals surface area contributed by atoms with Gasteiger partial charge in [-0.2, -0.15) is 0 Å². The van der Waals surface area contributed by atoms with Crippen LogP contribution in [0.1, 0.15) is 34.5 Å². The van der Waals surface area contributed by atoms with E-state index in [-0.39, 0.29) is 11.6 Å². The van der Waals surface area contributed by atoms with Crippen molar-refractivity contribution >= 4 is 17.0 Å². The molecular weight excluding hydrogens is 266 g/mol. The summed E-state index contributed by atoms with van der Waals surface area (Å²) in [6.07, 6.45) is 0. The largest absolute Gasteiger partial charge is 0.478 e. The van der Waals surface area contributed by atoms with Crippen molar-refractivity contribution in [1.29, 1.82) is 0 Å². The minimum atomic E-state index is -0.951. The fourth-order valence-electron chi connectivity index (χ4n) is 2.54. The van der Waals surface area contributed by atoms with Crippen LogP contribution in [0.3, 0.4) is 0 Å². The Morgan fingerprint density at radius 2 is 2.00 bits per heavy atom. The van der Waals surface area contributed by atoms with Crippen LogP contribution in [0.25, 0.3) is 11.0 Å². The predicted molar refractivity (Wildman–Crippen MR) is 79.5 cm³/mol. The first-order valence-electron chi connectivity index (χ1n) is 6.71. The van der Waals surface area contributed by atoms with Crippen LogP contribution in [0, 0.1) is 6.92 Å². The summed E-state index contributed by atoms with van der Waals surface area (Å²) in [6.45, 7) is 4.08. The number of aromatic nitrogens is 3. The van der Waals surface area contributed by atoms with E-state index in [4.69, 9.17) is 5.11 Å². The first kappa shape index (κ1) is 13.3. The molecule has 1 atom stereocenters. The summed E-state index contributed by atoms with van der Waals surface area (Å²) in [5.41, 5.74) is 3.97. The molecule has 0 aliphatic rings. The zero-order valence-electron chi connectivity index (χ0n) is 11.8. The lowest BCUT2D eigenvalue weighted by Gasteiger charge is -2.15. The van der Waals surface area contributed by atoms with Crippen LogP contribution < -0.4 is 0 Å². The second-order valence-corrected chi connectivity index (χ2v) is 5.08. The Morgan fingerprint density at radius 3 is 2.71 bits per heavy atom. The third kappa shape index (κ3) is 2.27. The third-order valence-corrected chi connectivity index (χ3v) is 3.72. The average Bonchev–Trinajstić information content (AvgIpc) is 2.90. The molecule has 0 bridgehead atoms. The fraction of sp³-hybridized carbons (Fsp3) is 0.188.